The number of nitrogens with zero attached hydrogens (tertiary/aromatic N) is 2. The molecule has 1 heterocycles. The number of hydrogen-bond donors (Lipinski definition) is 0. The third-order valence-corrected chi connectivity index (χ3v) is 4.95. The molecule has 1 saturated heterocycles. The molecule has 2 amide bonds. The van der Waals surface area contributed by atoms with E-state index in [1.807, 2.05) is 0 Å². The van der Waals surface area contributed by atoms with Crippen molar-refractivity contribution >= 4 is 40.8 Å². The summed E-state index contributed by atoms with van der Waals surface area (Å²) in [6.45, 7) is 2.18. The van der Waals surface area contributed by atoms with Gasteiger partial charge in [-0.25, -0.2) is 9.18 Å². The summed E-state index contributed by atoms with van der Waals surface area (Å²) in [5.41, 5.74) is 1.16. The number of carbonyl (C=O) groups is 3. The van der Waals surface area contributed by atoms with Crippen molar-refractivity contribution in [1.82, 2.24) is 0 Å². The Kier molecular flexibility index (Phi) is 6.49. The lowest BCUT2D eigenvalue weighted by atomic mass is 10.2. The lowest BCUT2D eigenvalue weighted by Gasteiger charge is -2.21. The van der Waals surface area contributed by atoms with Crippen LogP contribution in [0.2, 0.25) is 5.02 Å². The Hall–Kier alpha value is -2.93. The van der Waals surface area contributed by atoms with E-state index in [1.54, 1.807) is 6.92 Å². The Morgan fingerprint density at radius 2 is 1.93 bits per heavy atom. The minimum absolute atomic E-state index is 0.0505. The summed E-state index contributed by atoms with van der Waals surface area (Å²) < 4.78 is 18.2. The van der Waals surface area contributed by atoms with Gasteiger partial charge in [0.2, 0.25) is 5.91 Å². The molecule has 152 valence electrons. The highest BCUT2D eigenvalue weighted by atomic mass is 35.5. The summed E-state index contributed by atoms with van der Waals surface area (Å²) in [7, 11) is 0. The van der Waals surface area contributed by atoms with Gasteiger partial charge in [-0.05, 0) is 55.8 Å². The maximum Gasteiger partial charge on any atom is 0.338 e. The monoisotopic (exact) mass is 418 g/mol. The van der Waals surface area contributed by atoms with Gasteiger partial charge in [0, 0.05) is 25.2 Å². The van der Waals surface area contributed by atoms with Crippen molar-refractivity contribution in [3.8, 4) is 0 Å². The zero-order chi connectivity index (χ0) is 21.0. The van der Waals surface area contributed by atoms with Crippen LogP contribution in [0.1, 0.15) is 30.1 Å². The Labute approximate surface area is 172 Å². The Balaban J connectivity index is 1.67. The summed E-state index contributed by atoms with van der Waals surface area (Å²) in [6.07, 6.45) is 1.17. The molecule has 3 rings (SSSR count). The second kappa shape index (κ2) is 9.05. The minimum atomic E-state index is -0.696. The SMILES string of the molecule is CCN(C(=O)COC(=O)c1ccc(Cl)c(N2CCCC2=O)c1)c1ccc(F)cc1. The number of hydrogen-bond acceptors (Lipinski definition) is 4. The first kappa shape index (κ1) is 20.8. The van der Waals surface area contributed by atoms with Gasteiger partial charge >= 0.3 is 5.97 Å². The Morgan fingerprint density at radius 3 is 2.55 bits per heavy atom. The predicted octanol–water partition coefficient (Wildman–Crippen LogP) is 3.82. The van der Waals surface area contributed by atoms with Crippen LogP contribution in [0, 0.1) is 5.82 Å². The van der Waals surface area contributed by atoms with Crippen molar-refractivity contribution in [2.75, 3.05) is 29.5 Å². The van der Waals surface area contributed by atoms with Crippen LogP contribution in [0.15, 0.2) is 42.5 Å². The zero-order valence-electron chi connectivity index (χ0n) is 15.9. The van der Waals surface area contributed by atoms with Gasteiger partial charge in [-0.3, -0.25) is 9.59 Å². The molecule has 6 nitrogen and oxygen atoms in total. The van der Waals surface area contributed by atoms with E-state index in [-0.39, 0.29) is 11.5 Å². The van der Waals surface area contributed by atoms with Crippen LogP contribution in [-0.4, -0.2) is 37.5 Å². The largest absolute Gasteiger partial charge is 0.452 e. The van der Waals surface area contributed by atoms with Gasteiger partial charge in [0.15, 0.2) is 6.61 Å². The molecule has 0 N–H and O–H groups in total. The average molecular weight is 419 g/mol. The molecule has 2 aromatic rings. The number of anilines is 2. The molecule has 0 aliphatic carbocycles. The van der Waals surface area contributed by atoms with Crippen LogP contribution in [0.4, 0.5) is 15.8 Å². The molecule has 0 aromatic heterocycles. The molecule has 1 fully saturated rings. The van der Waals surface area contributed by atoms with Crippen molar-refractivity contribution in [3.05, 3.63) is 58.9 Å². The summed E-state index contributed by atoms with van der Waals surface area (Å²) in [5.74, 6) is -1.58. The standard InChI is InChI=1S/C21H20ClFN2O4/c1-2-24(16-8-6-15(23)7-9-16)20(27)13-29-21(28)14-5-10-17(22)18(12-14)25-11-3-4-19(25)26/h5-10,12H,2-4,11,13H2,1H3. The topological polar surface area (TPSA) is 66.9 Å². The molecule has 0 spiro atoms. The van der Waals surface area contributed by atoms with Gasteiger partial charge in [-0.15, -0.1) is 0 Å². The number of halogens is 2. The van der Waals surface area contributed by atoms with Crippen molar-refractivity contribution in [3.63, 3.8) is 0 Å². The highest BCUT2D eigenvalue weighted by Crippen LogP contribution is 2.30. The lowest BCUT2D eigenvalue weighted by molar-refractivity contribution is -0.121. The third kappa shape index (κ3) is 4.74. The maximum atomic E-state index is 13.1. The number of benzene rings is 2. The molecule has 0 radical (unpaired) electrons. The fourth-order valence-corrected chi connectivity index (χ4v) is 3.38. The molecule has 29 heavy (non-hydrogen) atoms. The molecule has 0 unspecified atom stereocenters. The fourth-order valence-electron chi connectivity index (χ4n) is 3.16. The van der Waals surface area contributed by atoms with E-state index in [4.69, 9.17) is 16.3 Å². The Morgan fingerprint density at radius 1 is 1.21 bits per heavy atom. The third-order valence-electron chi connectivity index (χ3n) is 4.63. The molecule has 0 bridgehead atoms. The first-order valence-corrected chi connectivity index (χ1v) is 9.61. The van der Waals surface area contributed by atoms with Crippen LogP contribution in [0.5, 0.6) is 0 Å². The molecule has 0 atom stereocenters. The molecule has 1 aliphatic heterocycles. The number of rotatable bonds is 6. The van der Waals surface area contributed by atoms with E-state index >= 15 is 0 Å². The normalized spacial score (nSPS) is 13.5. The van der Waals surface area contributed by atoms with Gasteiger partial charge in [0.05, 0.1) is 16.3 Å². The number of esters is 1. The van der Waals surface area contributed by atoms with Crippen molar-refractivity contribution in [1.29, 1.82) is 0 Å². The number of likely N-dealkylation sites (N-methyl/N-ethyl adjacent to an activating group) is 1. The van der Waals surface area contributed by atoms with Crippen LogP contribution >= 0.6 is 11.6 Å². The second-order valence-electron chi connectivity index (χ2n) is 6.51. The summed E-state index contributed by atoms with van der Waals surface area (Å²) in [6, 6.07) is 9.98. The van der Waals surface area contributed by atoms with Gasteiger partial charge in [-0.1, -0.05) is 11.6 Å². The van der Waals surface area contributed by atoms with Crippen LogP contribution in [0.25, 0.3) is 0 Å². The number of ether oxygens (including phenoxy) is 1. The van der Waals surface area contributed by atoms with Gasteiger partial charge < -0.3 is 14.5 Å². The summed E-state index contributed by atoms with van der Waals surface area (Å²) >= 11 is 6.18. The second-order valence-corrected chi connectivity index (χ2v) is 6.91. The van der Waals surface area contributed by atoms with E-state index in [1.165, 1.54) is 52.3 Å². The lowest BCUT2D eigenvalue weighted by Crippen LogP contribution is -2.34. The zero-order valence-corrected chi connectivity index (χ0v) is 16.6. The molecule has 1 aliphatic rings. The average Bonchev–Trinajstić information content (AvgIpc) is 3.14. The first-order chi connectivity index (χ1) is 13.9. The van der Waals surface area contributed by atoms with Gasteiger partial charge in [0.25, 0.3) is 5.91 Å². The van der Waals surface area contributed by atoms with Crippen LogP contribution in [-0.2, 0) is 14.3 Å². The molecular weight excluding hydrogens is 399 g/mol. The van der Waals surface area contributed by atoms with E-state index in [0.29, 0.717) is 35.9 Å². The van der Waals surface area contributed by atoms with Gasteiger partial charge in [0.1, 0.15) is 5.82 Å². The van der Waals surface area contributed by atoms with Crippen LogP contribution in [0.3, 0.4) is 0 Å². The minimum Gasteiger partial charge on any atom is -0.452 e. The van der Waals surface area contributed by atoms with Crippen molar-refractivity contribution < 1.29 is 23.5 Å². The summed E-state index contributed by atoms with van der Waals surface area (Å²) in [5, 5.41) is 0.362. The van der Waals surface area contributed by atoms with E-state index < -0.39 is 24.3 Å². The van der Waals surface area contributed by atoms with Gasteiger partial charge in [-0.2, -0.15) is 0 Å². The number of carbonyl (C=O) groups excluding carboxylic acids is 3. The molecular formula is C21H20ClFN2O4. The van der Waals surface area contributed by atoms with E-state index in [0.717, 1.165) is 6.42 Å². The molecule has 8 heteroatoms. The first-order valence-electron chi connectivity index (χ1n) is 9.23. The van der Waals surface area contributed by atoms with E-state index in [2.05, 4.69) is 0 Å². The molecule has 0 saturated carbocycles. The number of amides is 2. The quantitative estimate of drug-likeness (QED) is 0.669. The smallest absolute Gasteiger partial charge is 0.338 e. The van der Waals surface area contributed by atoms with Crippen molar-refractivity contribution in [2.45, 2.75) is 19.8 Å². The highest BCUT2D eigenvalue weighted by molar-refractivity contribution is 6.34. The van der Waals surface area contributed by atoms with E-state index in [9.17, 15) is 18.8 Å². The highest BCUT2D eigenvalue weighted by Gasteiger charge is 2.25. The Bertz CT molecular complexity index is 933. The van der Waals surface area contributed by atoms with Crippen molar-refractivity contribution in [2.24, 2.45) is 0 Å². The predicted molar refractivity (Wildman–Crippen MR) is 108 cm³/mol. The summed E-state index contributed by atoms with van der Waals surface area (Å²) in [4.78, 5) is 39.8. The van der Waals surface area contributed by atoms with Crippen LogP contribution < -0.4 is 9.80 Å². The maximum absolute atomic E-state index is 13.1. The fraction of sp³-hybridized carbons (Fsp3) is 0.286. The molecule has 2 aromatic carbocycles.